The molecule has 28 heavy (non-hydrogen) atoms. The summed E-state index contributed by atoms with van der Waals surface area (Å²) >= 11 is 0. The monoisotopic (exact) mass is 376 g/mol. The molecule has 2 N–H and O–H groups in total. The molecule has 6 nitrogen and oxygen atoms in total. The van der Waals surface area contributed by atoms with E-state index in [1.54, 1.807) is 0 Å². The highest BCUT2D eigenvalue weighted by molar-refractivity contribution is 5.91. The first-order chi connectivity index (χ1) is 13.8. The number of benzene rings is 1. The van der Waals surface area contributed by atoms with E-state index in [-0.39, 0.29) is 12.2 Å². The Balaban J connectivity index is 1.64. The molecule has 1 aromatic carbocycles. The highest BCUT2D eigenvalue weighted by Gasteiger charge is 2.31. The lowest BCUT2D eigenvalue weighted by Crippen LogP contribution is -2.53. The standard InChI is InChI=1S/C22H28N6/c1-3-6-20(27-21-18-8-5-4-7-17(18)9-10-24-21)28-12-11-23-15-19(28)22-25-13-16(2)14-26-22/h4-5,7-10,13-14,19-20,23H,3,6,11-12,15H2,1-2H3,(H,24,27). The fraction of sp³-hybridized carbons (Fsp3) is 0.409. The molecule has 2 aromatic heterocycles. The summed E-state index contributed by atoms with van der Waals surface area (Å²) in [7, 11) is 0. The second-order valence-corrected chi connectivity index (χ2v) is 7.41. The smallest absolute Gasteiger partial charge is 0.146 e. The van der Waals surface area contributed by atoms with E-state index in [1.807, 2.05) is 25.5 Å². The Kier molecular flexibility index (Phi) is 5.78. The van der Waals surface area contributed by atoms with Crippen molar-refractivity contribution in [3.63, 3.8) is 0 Å². The van der Waals surface area contributed by atoms with Gasteiger partial charge in [0.05, 0.1) is 12.2 Å². The summed E-state index contributed by atoms with van der Waals surface area (Å²) in [5, 5.41) is 9.60. The zero-order chi connectivity index (χ0) is 19.3. The van der Waals surface area contributed by atoms with Gasteiger partial charge in [-0.05, 0) is 30.4 Å². The van der Waals surface area contributed by atoms with E-state index in [2.05, 4.69) is 67.7 Å². The molecule has 1 fully saturated rings. The van der Waals surface area contributed by atoms with Crippen molar-refractivity contribution in [2.24, 2.45) is 0 Å². The second-order valence-electron chi connectivity index (χ2n) is 7.41. The number of aromatic nitrogens is 3. The molecule has 0 aliphatic carbocycles. The van der Waals surface area contributed by atoms with Crippen LogP contribution < -0.4 is 10.6 Å². The maximum atomic E-state index is 4.65. The van der Waals surface area contributed by atoms with Gasteiger partial charge in [-0.3, -0.25) is 4.90 Å². The van der Waals surface area contributed by atoms with Crippen LogP contribution >= 0.6 is 0 Å². The van der Waals surface area contributed by atoms with Crippen molar-refractivity contribution in [2.75, 3.05) is 25.0 Å². The number of hydrogen-bond donors (Lipinski definition) is 2. The molecule has 3 heterocycles. The number of aryl methyl sites for hydroxylation is 1. The van der Waals surface area contributed by atoms with E-state index in [1.165, 1.54) is 5.39 Å². The third kappa shape index (κ3) is 3.98. The van der Waals surface area contributed by atoms with Crippen LogP contribution in [0.15, 0.2) is 48.9 Å². The number of piperazine rings is 1. The minimum absolute atomic E-state index is 0.147. The molecule has 1 saturated heterocycles. The summed E-state index contributed by atoms with van der Waals surface area (Å²) in [6.45, 7) is 7.02. The average molecular weight is 377 g/mol. The Labute approximate surface area is 166 Å². The summed E-state index contributed by atoms with van der Waals surface area (Å²) in [5.74, 6) is 1.82. The molecule has 1 aliphatic rings. The lowest BCUT2D eigenvalue weighted by atomic mass is 10.1. The van der Waals surface area contributed by atoms with Gasteiger partial charge < -0.3 is 10.6 Å². The van der Waals surface area contributed by atoms with Crippen LogP contribution in [0.25, 0.3) is 10.8 Å². The molecule has 2 atom stereocenters. The highest BCUT2D eigenvalue weighted by Crippen LogP contribution is 2.27. The van der Waals surface area contributed by atoms with Gasteiger partial charge in [0.25, 0.3) is 0 Å². The van der Waals surface area contributed by atoms with Crippen molar-refractivity contribution in [1.82, 2.24) is 25.2 Å². The maximum Gasteiger partial charge on any atom is 0.146 e. The number of hydrogen-bond acceptors (Lipinski definition) is 6. The van der Waals surface area contributed by atoms with E-state index >= 15 is 0 Å². The van der Waals surface area contributed by atoms with Crippen molar-refractivity contribution in [1.29, 1.82) is 0 Å². The van der Waals surface area contributed by atoms with Gasteiger partial charge in [0.1, 0.15) is 11.6 Å². The van der Waals surface area contributed by atoms with Crippen LogP contribution in [0, 0.1) is 6.92 Å². The van der Waals surface area contributed by atoms with Crippen LogP contribution in [-0.4, -0.2) is 45.7 Å². The average Bonchev–Trinajstić information content (AvgIpc) is 2.74. The zero-order valence-electron chi connectivity index (χ0n) is 16.6. The Morgan fingerprint density at radius 2 is 2.00 bits per heavy atom. The van der Waals surface area contributed by atoms with Gasteiger partial charge in [-0.15, -0.1) is 0 Å². The van der Waals surface area contributed by atoms with Crippen molar-refractivity contribution < 1.29 is 0 Å². The lowest BCUT2D eigenvalue weighted by molar-refractivity contribution is 0.108. The summed E-state index contributed by atoms with van der Waals surface area (Å²) in [4.78, 5) is 16.4. The number of nitrogens with one attached hydrogen (secondary N) is 2. The second kappa shape index (κ2) is 8.63. The summed E-state index contributed by atoms with van der Waals surface area (Å²) in [6, 6.07) is 10.6. The normalized spacial score (nSPS) is 18.9. The zero-order valence-corrected chi connectivity index (χ0v) is 16.6. The van der Waals surface area contributed by atoms with Gasteiger partial charge in [0, 0.05) is 43.6 Å². The summed E-state index contributed by atoms with van der Waals surface area (Å²) < 4.78 is 0. The van der Waals surface area contributed by atoms with Gasteiger partial charge in [0.2, 0.25) is 0 Å². The third-order valence-electron chi connectivity index (χ3n) is 5.32. The molecule has 4 rings (SSSR count). The number of fused-ring (bicyclic) bond motifs is 1. The molecule has 0 amide bonds. The Hall–Kier alpha value is -2.57. The number of nitrogens with zero attached hydrogens (tertiary/aromatic N) is 4. The number of pyridine rings is 1. The molecule has 1 aliphatic heterocycles. The first-order valence-corrected chi connectivity index (χ1v) is 10.1. The van der Waals surface area contributed by atoms with Crippen molar-refractivity contribution in [3.05, 3.63) is 60.3 Å². The first kappa shape index (κ1) is 18.8. The van der Waals surface area contributed by atoms with Crippen LogP contribution in [0.5, 0.6) is 0 Å². The van der Waals surface area contributed by atoms with E-state index in [0.717, 1.165) is 55.1 Å². The molecule has 3 aromatic rings. The van der Waals surface area contributed by atoms with Crippen molar-refractivity contribution in [3.8, 4) is 0 Å². The minimum atomic E-state index is 0.147. The lowest BCUT2D eigenvalue weighted by Gasteiger charge is -2.41. The molecule has 0 saturated carbocycles. The van der Waals surface area contributed by atoms with Crippen LogP contribution in [0.2, 0.25) is 0 Å². The quantitative estimate of drug-likeness (QED) is 0.686. The van der Waals surface area contributed by atoms with Crippen LogP contribution in [0.3, 0.4) is 0 Å². The Bertz CT molecular complexity index is 905. The molecule has 146 valence electrons. The molecule has 0 bridgehead atoms. The van der Waals surface area contributed by atoms with Gasteiger partial charge in [0.15, 0.2) is 0 Å². The Morgan fingerprint density at radius 3 is 2.82 bits per heavy atom. The largest absolute Gasteiger partial charge is 0.354 e. The fourth-order valence-corrected chi connectivity index (χ4v) is 3.89. The van der Waals surface area contributed by atoms with Gasteiger partial charge in [-0.1, -0.05) is 37.6 Å². The summed E-state index contributed by atoms with van der Waals surface area (Å²) in [6.07, 6.45) is 8.00. The molecule has 0 spiro atoms. The maximum absolute atomic E-state index is 4.65. The van der Waals surface area contributed by atoms with Crippen molar-refractivity contribution >= 4 is 16.6 Å². The van der Waals surface area contributed by atoms with Gasteiger partial charge in [-0.25, -0.2) is 15.0 Å². The van der Waals surface area contributed by atoms with E-state index in [9.17, 15) is 0 Å². The van der Waals surface area contributed by atoms with E-state index in [4.69, 9.17) is 0 Å². The molecule has 0 radical (unpaired) electrons. The molecular formula is C22H28N6. The van der Waals surface area contributed by atoms with Crippen LogP contribution in [0.1, 0.15) is 37.2 Å². The van der Waals surface area contributed by atoms with E-state index < -0.39 is 0 Å². The number of anilines is 1. The third-order valence-corrected chi connectivity index (χ3v) is 5.32. The van der Waals surface area contributed by atoms with E-state index in [0.29, 0.717) is 0 Å². The first-order valence-electron chi connectivity index (χ1n) is 10.1. The SMILES string of the molecule is CCCC(Nc1nccc2ccccc12)N1CCNCC1c1ncc(C)cn1. The summed E-state index contributed by atoms with van der Waals surface area (Å²) in [5.41, 5.74) is 1.09. The molecule has 6 heteroatoms. The minimum Gasteiger partial charge on any atom is -0.354 e. The highest BCUT2D eigenvalue weighted by atomic mass is 15.3. The number of rotatable bonds is 6. The van der Waals surface area contributed by atoms with Gasteiger partial charge in [-0.2, -0.15) is 0 Å². The van der Waals surface area contributed by atoms with Crippen molar-refractivity contribution in [2.45, 2.75) is 38.9 Å². The predicted octanol–water partition coefficient (Wildman–Crippen LogP) is 3.52. The Morgan fingerprint density at radius 1 is 1.18 bits per heavy atom. The molecule has 2 unspecified atom stereocenters. The molecular weight excluding hydrogens is 348 g/mol. The fourth-order valence-electron chi connectivity index (χ4n) is 3.89. The van der Waals surface area contributed by atoms with Crippen LogP contribution in [-0.2, 0) is 0 Å². The predicted molar refractivity (Wildman–Crippen MR) is 113 cm³/mol. The van der Waals surface area contributed by atoms with Crippen LogP contribution in [0.4, 0.5) is 5.82 Å². The van der Waals surface area contributed by atoms with Gasteiger partial charge >= 0.3 is 0 Å². The topological polar surface area (TPSA) is 66.0 Å².